The monoisotopic (exact) mass is 467 g/mol. The maximum atomic E-state index is 13.6. The van der Waals surface area contributed by atoms with Gasteiger partial charge in [-0.25, -0.2) is 22.4 Å². The topological polar surface area (TPSA) is 83.3 Å². The number of nitrogens with zero attached hydrogens (tertiary/aromatic N) is 3. The van der Waals surface area contributed by atoms with Crippen LogP contribution < -0.4 is 5.46 Å². The van der Waals surface area contributed by atoms with E-state index < -0.39 is 28.3 Å². The van der Waals surface area contributed by atoms with Crippen molar-refractivity contribution in [2.24, 2.45) is 0 Å². The number of thiazole rings is 1. The van der Waals surface area contributed by atoms with Crippen molar-refractivity contribution >= 4 is 45.0 Å². The minimum Gasteiger partial charge on any atom is -0.399 e. The van der Waals surface area contributed by atoms with E-state index in [1.54, 1.807) is 42.7 Å². The van der Waals surface area contributed by atoms with E-state index in [0.717, 1.165) is 0 Å². The van der Waals surface area contributed by atoms with Crippen LogP contribution in [0.4, 0.5) is 0 Å². The Morgan fingerprint density at radius 3 is 2.31 bits per heavy atom. The summed E-state index contributed by atoms with van der Waals surface area (Å²) in [6.45, 7) is 7.86. The molecule has 0 unspecified atom stereocenters. The highest BCUT2D eigenvalue weighted by Gasteiger charge is 2.52. The van der Waals surface area contributed by atoms with Gasteiger partial charge in [0, 0.05) is 28.6 Å². The Bertz CT molecular complexity index is 1380. The first-order valence-electron chi connectivity index (χ1n) is 10.2. The van der Waals surface area contributed by atoms with Crippen LogP contribution in [-0.2, 0) is 19.3 Å². The Morgan fingerprint density at radius 1 is 1.00 bits per heavy atom. The summed E-state index contributed by atoms with van der Waals surface area (Å²) < 4.78 is 40.8. The molecule has 0 amide bonds. The van der Waals surface area contributed by atoms with Gasteiger partial charge in [-0.1, -0.05) is 18.2 Å². The molecule has 32 heavy (non-hydrogen) atoms. The molecule has 5 rings (SSSR count). The summed E-state index contributed by atoms with van der Waals surface area (Å²) in [4.78, 5) is 9.19. The summed E-state index contributed by atoms with van der Waals surface area (Å²) in [6.07, 6.45) is 3.26. The SMILES string of the molecule is CC1(C)OB(c2cn(S(=O)(=O)c3ccccc3)c3nc(-c4nccs4)ccc23)OC1(C)C. The largest absolute Gasteiger partial charge is 0.497 e. The van der Waals surface area contributed by atoms with Crippen molar-refractivity contribution in [1.29, 1.82) is 0 Å². The van der Waals surface area contributed by atoms with Crippen LogP contribution in [-0.4, -0.2) is 40.7 Å². The number of hydrogen-bond acceptors (Lipinski definition) is 7. The number of fused-ring (bicyclic) bond motifs is 1. The molecule has 7 nitrogen and oxygen atoms in total. The van der Waals surface area contributed by atoms with Crippen molar-refractivity contribution < 1.29 is 17.7 Å². The lowest BCUT2D eigenvalue weighted by Gasteiger charge is -2.32. The van der Waals surface area contributed by atoms with E-state index in [1.807, 2.05) is 45.2 Å². The molecule has 164 valence electrons. The minimum atomic E-state index is -3.89. The van der Waals surface area contributed by atoms with Crippen molar-refractivity contribution in [2.45, 2.75) is 43.8 Å². The predicted octanol–water partition coefficient (Wildman–Crippen LogP) is 3.70. The maximum absolute atomic E-state index is 13.6. The molecule has 0 atom stereocenters. The highest BCUT2D eigenvalue weighted by Crippen LogP contribution is 2.37. The number of benzene rings is 1. The molecule has 0 bridgehead atoms. The minimum absolute atomic E-state index is 0.179. The molecule has 1 saturated heterocycles. The summed E-state index contributed by atoms with van der Waals surface area (Å²) in [5.41, 5.74) is 0.426. The molecule has 4 heterocycles. The van der Waals surface area contributed by atoms with Gasteiger partial charge in [-0.3, -0.25) is 0 Å². The van der Waals surface area contributed by atoms with Crippen LogP contribution in [0.2, 0.25) is 0 Å². The molecule has 0 N–H and O–H groups in total. The van der Waals surface area contributed by atoms with Crippen LogP contribution in [0.5, 0.6) is 0 Å². The highest BCUT2D eigenvalue weighted by atomic mass is 32.2. The van der Waals surface area contributed by atoms with Gasteiger partial charge in [0.05, 0.1) is 16.1 Å². The van der Waals surface area contributed by atoms with Crippen molar-refractivity contribution in [2.75, 3.05) is 0 Å². The third-order valence-corrected chi connectivity index (χ3v) is 8.57. The van der Waals surface area contributed by atoms with Crippen LogP contribution in [0, 0.1) is 0 Å². The fourth-order valence-electron chi connectivity index (χ4n) is 3.61. The van der Waals surface area contributed by atoms with E-state index >= 15 is 0 Å². The number of pyridine rings is 1. The van der Waals surface area contributed by atoms with Crippen molar-refractivity contribution in [1.82, 2.24) is 13.9 Å². The quantitative estimate of drug-likeness (QED) is 0.426. The zero-order valence-corrected chi connectivity index (χ0v) is 19.8. The maximum Gasteiger partial charge on any atom is 0.497 e. The normalized spacial score (nSPS) is 17.8. The van der Waals surface area contributed by atoms with E-state index in [1.165, 1.54) is 15.3 Å². The molecule has 1 fully saturated rings. The molecule has 0 spiro atoms. The van der Waals surface area contributed by atoms with Gasteiger partial charge in [0.15, 0.2) is 5.65 Å². The molecule has 1 aromatic carbocycles. The first kappa shape index (κ1) is 21.3. The van der Waals surface area contributed by atoms with Gasteiger partial charge >= 0.3 is 7.12 Å². The fourth-order valence-corrected chi connectivity index (χ4v) is 5.57. The van der Waals surface area contributed by atoms with Gasteiger partial charge in [-0.05, 0) is 52.0 Å². The standard InChI is InChI=1S/C22H22BN3O4S2/c1-21(2)22(3,4)30-23(29-21)17-14-26(32(27,28)15-8-6-5-7-9-15)19-16(17)10-11-18(25-19)20-24-12-13-31-20/h5-14H,1-4H3. The molecular weight excluding hydrogens is 445 g/mol. The number of aromatic nitrogens is 3. The summed E-state index contributed by atoms with van der Waals surface area (Å²) >= 11 is 1.44. The average molecular weight is 467 g/mol. The molecule has 0 radical (unpaired) electrons. The Morgan fingerprint density at radius 2 is 1.69 bits per heavy atom. The van der Waals surface area contributed by atoms with Gasteiger partial charge in [-0.15, -0.1) is 11.3 Å². The van der Waals surface area contributed by atoms with E-state index in [-0.39, 0.29) is 4.90 Å². The van der Waals surface area contributed by atoms with Crippen molar-refractivity contribution in [3.63, 3.8) is 0 Å². The van der Waals surface area contributed by atoms with Gasteiger partial charge in [0.25, 0.3) is 10.0 Å². The molecule has 3 aromatic heterocycles. The Balaban J connectivity index is 1.73. The first-order valence-corrected chi connectivity index (χ1v) is 12.5. The smallest absolute Gasteiger partial charge is 0.399 e. The molecule has 1 aliphatic rings. The van der Waals surface area contributed by atoms with E-state index in [2.05, 4.69) is 4.98 Å². The summed E-state index contributed by atoms with van der Waals surface area (Å²) in [6, 6.07) is 12.0. The van der Waals surface area contributed by atoms with Crippen LogP contribution in [0.25, 0.3) is 21.7 Å². The predicted molar refractivity (Wildman–Crippen MR) is 126 cm³/mol. The van der Waals surface area contributed by atoms with Gasteiger partial charge < -0.3 is 9.31 Å². The lowest BCUT2D eigenvalue weighted by Crippen LogP contribution is -2.41. The lowest BCUT2D eigenvalue weighted by molar-refractivity contribution is 0.00578. The Labute approximate surface area is 191 Å². The average Bonchev–Trinajstić information content (AvgIpc) is 3.45. The first-order chi connectivity index (χ1) is 15.1. The zero-order valence-electron chi connectivity index (χ0n) is 18.1. The van der Waals surface area contributed by atoms with Gasteiger partial charge in [-0.2, -0.15) is 0 Å². The van der Waals surface area contributed by atoms with Crippen molar-refractivity contribution in [3.8, 4) is 10.7 Å². The summed E-state index contributed by atoms with van der Waals surface area (Å²) in [5.74, 6) is 0. The van der Waals surface area contributed by atoms with Crippen LogP contribution in [0.1, 0.15) is 27.7 Å². The van der Waals surface area contributed by atoms with Gasteiger partial charge in [0.2, 0.25) is 0 Å². The van der Waals surface area contributed by atoms with E-state index in [4.69, 9.17) is 14.3 Å². The zero-order chi connectivity index (χ0) is 22.7. The second-order valence-electron chi connectivity index (χ2n) is 8.69. The van der Waals surface area contributed by atoms with Crippen LogP contribution in [0.3, 0.4) is 0 Å². The summed E-state index contributed by atoms with van der Waals surface area (Å²) in [5, 5.41) is 3.23. The third kappa shape index (κ3) is 3.29. The third-order valence-electron chi connectivity index (χ3n) is 6.11. The van der Waals surface area contributed by atoms with Crippen LogP contribution >= 0.6 is 11.3 Å². The number of rotatable bonds is 4. The Kier molecular flexibility index (Phi) is 4.83. The van der Waals surface area contributed by atoms with Crippen molar-refractivity contribution in [3.05, 3.63) is 60.2 Å². The van der Waals surface area contributed by atoms with Gasteiger partial charge in [0.1, 0.15) is 10.7 Å². The highest BCUT2D eigenvalue weighted by molar-refractivity contribution is 7.90. The van der Waals surface area contributed by atoms with E-state index in [0.29, 0.717) is 27.2 Å². The fraction of sp³-hybridized carbons (Fsp3) is 0.273. The second-order valence-corrected chi connectivity index (χ2v) is 11.4. The molecule has 0 saturated carbocycles. The summed E-state index contributed by atoms with van der Waals surface area (Å²) in [7, 11) is -4.61. The molecule has 4 aromatic rings. The molecule has 0 aliphatic carbocycles. The molecular formula is C22H22BN3O4S2. The Hall–Kier alpha value is -2.53. The second kappa shape index (κ2) is 7.24. The lowest BCUT2D eigenvalue weighted by atomic mass is 9.79. The van der Waals surface area contributed by atoms with Crippen LogP contribution in [0.15, 0.2) is 65.1 Å². The number of hydrogen-bond donors (Lipinski definition) is 0. The van der Waals surface area contributed by atoms with E-state index in [9.17, 15) is 8.42 Å². The molecule has 1 aliphatic heterocycles. The molecule has 10 heteroatoms.